The number of benzene rings is 3. The monoisotopic (exact) mass is 475 g/mol. The Morgan fingerprint density at radius 2 is 1.85 bits per heavy atom. The molecule has 0 saturated heterocycles. The average Bonchev–Trinajstić information content (AvgIpc) is 3.19. The zero-order valence-electron chi connectivity index (χ0n) is 19.6. The zero-order valence-corrected chi connectivity index (χ0v) is 20.4. The highest BCUT2D eigenvalue weighted by atomic mass is 35.5. The van der Waals surface area contributed by atoms with E-state index in [2.05, 4.69) is 41.9 Å². The number of fused-ring (bicyclic) bond motifs is 1. The first-order chi connectivity index (χ1) is 16.5. The summed E-state index contributed by atoms with van der Waals surface area (Å²) in [6.07, 6.45) is 1.54. The predicted octanol–water partition coefficient (Wildman–Crippen LogP) is 6.25. The van der Waals surface area contributed by atoms with Crippen molar-refractivity contribution < 1.29 is 9.53 Å². The summed E-state index contributed by atoms with van der Waals surface area (Å²) in [5.41, 5.74) is 3.94. The molecule has 1 N–H and O–H groups in total. The molecule has 0 aliphatic carbocycles. The summed E-state index contributed by atoms with van der Waals surface area (Å²) < 4.78 is 8.24. The molecule has 4 rings (SSSR count). The van der Waals surface area contributed by atoms with Crippen LogP contribution >= 0.6 is 11.6 Å². The quantitative estimate of drug-likeness (QED) is 0.275. The average molecular weight is 476 g/mol. The van der Waals surface area contributed by atoms with E-state index in [-0.39, 0.29) is 5.91 Å². The van der Waals surface area contributed by atoms with Crippen molar-refractivity contribution in [2.75, 3.05) is 13.2 Å². The highest BCUT2D eigenvalue weighted by Crippen LogP contribution is 2.20. The number of halogens is 1. The Labute approximate surface area is 205 Å². The number of imidazole rings is 1. The predicted molar refractivity (Wildman–Crippen MR) is 138 cm³/mol. The molecule has 3 aromatic carbocycles. The Morgan fingerprint density at radius 1 is 1.06 bits per heavy atom. The van der Waals surface area contributed by atoms with Gasteiger partial charge in [0.15, 0.2) is 0 Å². The van der Waals surface area contributed by atoms with E-state index in [1.54, 1.807) is 24.3 Å². The van der Waals surface area contributed by atoms with Crippen molar-refractivity contribution >= 4 is 28.5 Å². The molecular formula is C28H30ClN3O2. The minimum atomic E-state index is -0.118. The molecule has 0 saturated carbocycles. The SMILES string of the molecule is CC(C)c1ccc(OCCn2c(CCCNC(=O)c3cccc(Cl)c3)nc3ccccc32)cc1. The lowest BCUT2D eigenvalue weighted by Gasteiger charge is -2.12. The van der Waals surface area contributed by atoms with E-state index in [0.29, 0.717) is 36.2 Å². The summed E-state index contributed by atoms with van der Waals surface area (Å²) >= 11 is 5.99. The Kier molecular flexibility index (Phi) is 7.86. The lowest BCUT2D eigenvalue weighted by atomic mass is 10.0. The van der Waals surface area contributed by atoms with Crippen molar-refractivity contribution in [2.45, 2.75) is 39.2 Å². The maximum atomic E-state index is 12.3. The molecule has 176 valence electrons. The lowest BCUT2D eigenvalue weighted by molar-refractivity contribution is 0.0953. The topological polar surface area (TPSA) is 56.1 Å². The van der Waals surface area contributed by atoms with Gasteiger partial charge >= 0.3 is 0 Å². The normalized spacial score (nSPS) is 11.2. The van der Waals surface area contributed by atoms with Crippen LogP contribution in [0.1, 0.15) is 47.9 Å². The van der Waals surface area contributed by atoms with Gasteiger partial charge in [-0.15, -0.1) is 0 Å². The molecule has 0 fully saturated rings. The van der Waals surface area contributed by atoms with Gasteiger partial charge in [-0.25, -0.2) is 4.98 Å². The van der Waals surface area contributed by atoms with Gasteiger partial charge in [-0.1, -0.05) is 55.8 Å². The molecule has 6 heteroatoms. The summed E-state index contributed by atoms with van der Waals surface area (Å²) in [7, 11) is 0. The Bertz CT molecular complexity index is 1250. The third kappa shape index (κ3) is 5.97. The zero-order chi connectivity index (χ0) is 23.9. The number of carbonyl (C=O) groups excluding carboxylic acids is 1. The van der Waals surface area contributed by atoms with Crippen molar-refractivity contribution in [3.05, 3.63) is 94.8 Å². The van der Waals surface area contributed by atoms with Crippen molar-refractivity contribution in [1.82, 2.24) is 14.9 Å². The number of ether oxygens (including phenoxy) is 1. The molecule has 1 heterocycles. The van der Waals surface area contributed by atoms with E-state index < -0.39 is 0 Å². The largest absolute Gasteiger partial charge is 0.492 e. The maximum absolute atomic E-state index is 12.3. The van der Waals surface area contributed by atoms with Crippen molar-refractivity contribution in [2.24, 2.45) is 0 Å². The first-order valence-electron chi connectivity index (χ1n) is 11.7. The minimum absolute atomic E-state index is 0.118. The molecule has 34 heavy (non-hydrogen) atoms. The highest BCUT2D eigenvalue weighted by Gasteiger charge is 2.11. The van der Waals surface area contributed by atoms with Gasteiger partial charge < -0.3 is 14.6 Å². The molecule has 0 unspecified atom stereocenters. The minimum Gasteiger partial charge on any atom is -0.492 e. The van der Waals surface area contributed by atoms with Crippen LogP contribution in [0.15, 0.2) is 72.8 Å². The third-order valence-electron chi connectivity index (χ3n) is 5.81. The number of carbonyl (C=O) groups is 1. The van der Waals surface area contributed by atoms with E-state index >= 15 is 0 Å². The van der Waals surface area contributed by atoms with Gasteiger partial charge in [0.2, 0.25) is 0 Å². The second-order valence-electron chi connectivity index (χ2n) is 8.61. The molecule has 0 spiro atoms. The standard InChI is InChI=1S/C28H30ClN3O2/c1-20(2)21-12-14-24(15-13-21)34-18-17-32-26-10-4-3-9-25(26)31-27(32)11-6-16-30-28(33)22-7-5-8-23(29)19-22/h3-5,7-10,12-15,19-20H,6,11,16-18H2,1-2H3,(H,30,33). The van der Waals surface area contributed by atoms with Crippen molar-refractivity contribution in [3.8, 4) is 5.75 Å². The van der Waals surface area contributed by atoms with Crippen LogP contribution in [0.4, 0.5) is 0 Å². The third-order valence-corrected chi connectivity index (χ3v) is 6.05. The molecule has 0 radical (unpaired) electrons. The second kappa shape index (κ2) is 11.2. The fourth-order valence-electron chi connectivity index (χ4n) is 3.95. The fraction of sp³-hybridized carbons (Fsp3) is 0.286. The Balaban J connectivity index is 1.35. The van der Waals surface area contributed by atoms with Gasteiger partial charge in [-0.3, -0.25) is 4.79 Å². The number of nitrogens with one attached hydrogen (secondary N) is 1. The van der Waals surface area contributed by atoms with Crippen LogP contribution in [0.3, 0.4) is 0 Å². The van der Waals surface area contributed by atoms with Crippen LogP contribution in [0, 0.1) is 0 Å². The fourth-order valence-corrected chi connectivity index (χ4v) is 4.14. The van der Waals surface area contributed by atoms with Gasteiger partial charge in [0.05, 0.1) is 17.6 Å². The first-order valence-corrected chi connectivity index (χ1v) is 12.1. The summed E-state index contributed by atoms with van der Waals surface area (Å²) in [6, 6.07) is 23.4. The van der Waals surface area contributed by atoms with E-state index in [4.69, 9.17) is 21.3 Å². The van der Waals surface area contributed by atoms with Gasteiger partial charge in [0, 0.05) is 23.6 Å². The summed E-state index contributed by atoms with van der Waals surface area (Å²) in [5.74, 6) is 2.26. The van der Waals surface area contributed by atoms with Crippen molar-refractivity contribution in [1.29, 1.82) is 0 Å². The molecule has 4 aromatic rings. The number of aromatic nitrogens is 2. The number of hydrogen-bond acceptors (Lipinski definition) is 3. The Morgan fingerprint density at radius 3 is 2.62 bits per heavy atom. The summed E-state index contributed by atoms with van der Waals surface area (Å²) in [4.78, 5) is 17.2. The highest BCUT2D eigenvalue weighted by molar-refractivity contribution is 6.30. The molecule has 0 aliphatic heterocycles. The number of rotatable bonds is 10. The van der Waals surface area contributed by atoms with Crippen LogP contribution < -0.4 is 10.1 Å². The van der Waals surface area contributed by atoms with Crippen molar-refractivity contribution in [3.63, 3.8) is 0 Å². The summed E-state index contributed by atoms with van der Waals surface area (Å²) in [5, 5.41) is 3.52. The molecule has 0 bridgehead atoms. The second-order valence-corrected chi connectivity index (χ2v) is 9.05. The van der Waals surface area contributed by atoms with E-state index in [9.17, 15) is 4.79 Å². The molecule has 0 atom stereocenters. The smallest absolute Gasteiger partial charge is 0.251 e. The maximum Gasteiger partial charge on any atom is 0.251 e. The number of nitrogens with zero attached hydrogens (tertiary/aromatic N) is 2. The first kappa shape index (κ1) is 23.8. The van der Waals surface area contributed by atoms with Crippen LogP contribution in [0.25, 0.3) is 11.0 Å². The van der Waals surface area contributed by atoms with E-state index in [1.807, 2.05) is 30.3 Å². The summed E-state index contributed by atoms with van der Waals surface area (Å²) in [6.45, 7) is 6.19. The molecule has 0 aliphatic rings. The molecule has 5 nitrogen and oxygen atoms in total. The molecule has 1 amide bonds. The van der Waals surface area contributed by atoms with Crippen LogP contribution in [-0.4, -0.2) is 28.6 Å². The van der Waals surface area contributed by atoms with Gasteiger partial charge in [-0.05, 0) is 60.4 Å². The molecule has 1 aromatic heterocycles. The van der Waals surface area contributed by atoms with Crippen LogP contribution in [0.2, 0.25) is 5.02 Å². The number of para-hydroxylation sites is 2. The van der Waals surface area contributed by atoms with Gasteiger partial charge in [-0.2, -0.15) is 0 Å². The van der Waals surface area contributed by atoms with Gasteiger partial charge in [0.25, 0.3) is 5.91 Å². The number of aryl methyl sites for hydroxylation is 1. The van der Waals surface area contributed by atoms with Gasteiger partial charge in [0.1, 0.15) is 18.2 Å². The van der Waals surface area contributed by atoms with E-state index in [1.165, 1.54) is 5.56 Å². The Hall–Kier alpha value is -3.31. The van der Waals surface area contributed by atoms with Crippen LogP contribution in [-0.2, 0) is 13.0 Å². The van der Waals surface area contributed by atoms with Crippen LogP contribution in [0.5, 0.6) is 5.75 Å². The lowest BCUT2D eigenvalue weighted by Crippen LogP contribution is -2.25. The van der Waals surface area contributed by atoms with E-state index in [0.717, 1.165) is 35.4 Å². The molecular weight excluding hydrogens is 446 g/mol. The number of hydrogen-bond donors (Lipinski definition) is 1. The number of amides is 1.